The Morgan fingerprint density at radius 1 is 1.16 bits per heavy atom. The van der Waals surface area contributed by atoms with E-state index in [0.717, 1.165) is 42.5 Å². The quantitative estimate of drug-likeness (QED) is 0.651. The number of amides is 2. The minimum absolute atomic E-state index is 0.0305. The van der Waals surface area contributed by atoms with Crippen LogP contribution in [-0.4, -0.2) is 70.2 Å². The monoisotopic (exact) mass is 429 g/mol. The molecule has 3 rings (SSSR count). The van der Waals surface area contributed by atoms with Crippen LogP contribution in [0.1, 0.15) is 5.56 Å². The van der Waals surface area contributed by atoms with E-state index in [-0.39, 0.29) is 30.7 Å². The zero-order valence-electron chi connectivity index (χ0n) is 18.1. The lowest BCUT2D eigenvalue weighted by molar-refractivity contribution is -0.885. The van der Waals surface area contributed by atoms with Crippen LogP contribution >= 0.6 is 0 Å². The summed E-state index contributed by atoms with van der Waals surface area (Å²) in [6, 6.07) is 14.0. The highest BCUT2D eigenvalue weighted by Crippen LogP contribution is 2.19. The molecule has 0 radical (unpaired) electrons. The molecule has 0 saturated carbocycles. The molecule has 0 spiro atoms. The van der Waals surface area contributed by atoms with E-state index in [1.54, 1.807) is 13.1 Å². The summed E-state index contributed by atoms with van der Waals surface area (Å²) in [6.45, 7) is 3.86. The molecule has 2 amide bonds. The van der Waals surface area contributed by atoms with Crippen LogP contribution in [0.15, 0.2) is 48.5 Å². The van der Waals surface area contributed by atoms with Gasteiger partial charge in [0.1, 0.15) is 12.4 Å². The Balaban J connectivity index is 1.44. The average Bonchev–Trinajstić information content (AvgIpc) is 2.74. The number of quaternary nitrogens is 1. The van der Waals surface area contributed by atoms with Crippen LogP contribution in [0.3, 0.4) is 0 Å². The summed E-state index contributed by atoms with van der Waals surface area (Å²) in [5, 5.41) is 2.83. The van der Waals surface area contributed by atoms with Gasteiger partial charge in [0.15, 0.2) is 6.54 Å². The van der Waals surface area contributed by atoms with Gasteiger partial charge >= 0.3 is 0 Å². The first-order valence-electron chi connectivity index (χ1n) is 10.4. The summed E-state index contributed by atoms with van der Waals surface area (Å²) in [5.41, 5.74) is 2.61. The molecule has 166 valence electrons. The maximum Gasteiger partial charge on any atom is 0.277 e. The SMILES string of the molecule is CN(CC(=O)Nc1ccc(N2CCOCC2)cc1)C(=O)C[NH+](C)Cc1cccc(F)c1. The van der Waals surface area contributed by atoms with Gasteiger partial charge in [0, 0.05) is 37.1 Å². The molecule has 1 aliphatic heterocycles. The molecule has 31 heavy (non-hydrogen) atoms. The Morgan fingerprint density at radius 3 is 2.55 bits per heavy atom. The van der Waals surface area contributed by atoms with Crippen molar-refractivity contribution in [3.8, 4) is 0 Å². The van der Waals surface area contributed by atoms with E-state index >= 15 is 0 Å². The van der Waals surface area contributed by atoms with Crippen LogP contribution in [0.5, 0.6) is 0 Å². The van der Waals surface area contributed by atoms with Gasteiger partial charge in [-0.2, -0.15) is 0 Å². The van der Waals surface area contributed by atoms with Crippen molar-refractivity contribution in [1.29, 1.82) is 0 Å². The number of nitrogens with one attached hydrogen (secondary N) is 2. The first-order chi connectivity index (χ1) is 14.9. The smallest absolute Gasteiger partial charge is 0.277 e. The van der Waals surface area contributed by atoms with E-state index in [2.05, 4.69) is 10.2 Å². The molecule has 1 unspecified atom stereocenters. The largest absolute Gasteiger partial charge is 0.378 e. The third-order valence-corrected chi connectivity index (χ3v) is 5.18. The van der Waals surface area contributed by atoms with Crippen LogP contribution in [0.2, 0.25) is 0 Å². The summed E-state index contributed by atoms with van der Waals surface area (Å²) in [4.78, 5) is 29.4. The summed E-state index contributed by atoms with van der Waals surface area (Å²) in [5.74, 6) is -0.687. The van der Waals surface area contributed by atoms with Crippen molar-refractivity contribution in [2.24, 2.45) is 0 Å². The van der Waals surface area contributed by atoms with E-state index in [4.69, 9.17) is 4.74 Å². The van der Waals surface area contributed by atoms with Crippen LogP contribution in [0, 0.1) is 5.82 Å². The highest BCUT2D eigenvalue weighted by atomic mass is 19.1. The standard InChI is InChI=1S/C23H29FN4O3/c1-26(15-18-4-3-5-19(24)14-18)17-23(30)27(2)16-22(29)25-20-6-8-21(9-7-20)28-10-12-31-13-11-28/h3-9,14H,10-13,15-17H2,1-2H3,(H,25,29)/p+1. The third-order valence-electron chi connectivity index (χ3n) is 5.18. The number of carbonyl (C=O) groups excluding carboxylic acids is 2. The molecule has 0 aromatic heterocycles. The number of benzene rings is 2. The number of likely N-dealkylation sites (N-methyl/N-ethyl adjacent to an activating group) is 2. The van der Waals surface area contributed by atoms with Crippen LogP contribution < -0.4 is 15.1 Å². The van der Waals surface area contributed by atoms with Crippen molar-refractivity contribution in [3.63, 3.8) is 0 Å². The molecule has 1 saturated heterocycles. The van der Waals surface area contributed by atoms with E-state index in [1.165, 1.54) is 17.0 Å². The molecule has 0 bridgehead atoms. The molecule has 1 heterocycles. The molecule has 8 heteroatoms. The number of morpholine rings is 1. The van der Waals surface area contributed by atoms with Crippen LogP contribution in [-0.2, 0) is 20.9 Å². The Hall–Kier alpha value is -2.97. The molecule has 2 aromatic rings. The highest BCUT2D eigenvalue weighted by molar-refractivity contribution is 5.94. The molecule has 1 atom stereocenters. The van der Waals surface area contributed by atoms with Gasteiger partial charge in [-0.05, 0) is 36.4 Å². The predicted octanol–water partition coefficient (Wildman–Crippen LogP) is 0.774. The van der Waals surface area contributed by atoms with Crippen molar-refractivity contribution in [2.45, 2.75) is 6.54 Å². The van der Waals surface area contributed by atoms with Gasteiger partial charge in [-0.25, -0.2) is 4.39 Å². The molecule has 1 fully saturated rings. The number of halogens is 1. The molecule has 0 aliphatic carbocycles. The Bertz CT molecular complexity index is 885. The minimum atomic E-state index is -0.289. The number of carbonyl (C=O) groups is 2. The number of rotatable bonds is 8. The van der Waals surface area contributed by atoms with Gasteiger partial charge in [0.2, 0.25) is 5.91 Å². The second-order valence-corrected chi connectivity index (χ2v) is 7.88. The van der Waals surface area contributed by atoms with Gasteiger partial charge in [-0.1, -0.05) is 12.1 Å². The van der Waals surface area contributed by atoms with E-state index in [1.807, 2.05) is 37.4 Å². The van der Waals surface area contributed by atoms with Gasteiger partial charge in [0.05, 0.1) is 26.8 Å². The average molecular weight is 430 g/mol. The van der Waals surface area contributed by atoms with Gasteiger partial charge in [-0.15, -0.1) is 0 Å². The zero-order valence-corrected chi connectivity index (χ0v) is 18.1. The van der Waals surface area contributed by atoms with E-state index in [0.29, 0.717) is 12.2 Å². The molecule has 7 nitrogen and oxygen atoms in total. The first kappa shape index (κ1) is 22.7. The second kappa shape index (κ2) is 10.9. The van der Waals surface area contributed by atoms with Gasteiger partial charge < -0.3 is 24.8 Å². The van der Waals surface area contributed by atoms with Crippen molar-refractivity contribution in [1.82, 2.24) is 4.90 Å². The summed E-state index contributed by atoms with van der Waals surface area (Å²) < 4.78 is 18.7. The van der Waals surface area contributed by atoms with E-state index in [9.17, 15) is 14.0 Å². The summed E-state index contributed by atoms with van der Waals surface area (Å²) in [7, 11) is 3.48. The first-order valence-corrected chi connectivity index (χ1v) is 10.4. The number of hydrogen-bond acceptors (Lipinski definition) is 4. The van der Waals surface area contributed by atoms with Crippen molar-refractivity contribution in [2.75, 3.05) is 63.7 Å². The topological polar surface area (TPSA) is 66.3 Å². The molecule has 2 aromatic carbocycles. The number of ether oxygens (including phenoxy) is 1. The third kappa shape index (κ3) is 7.04. The maximum absolute atomic E-state index is 13.3. The van der Waals surface area contributed by atoms with Crippen molar-refractivity contribution in [3.05, 3.63) is 59.9 Å². The maximum atomic E-state index is 13.3. The van der Waals surface area contributed by atoms with Gasteiger partial charge in [-0.3, -0.25) is 9.59 Å². The Kier molecular flexibility index (Phi) is 7.97. The van der Waals surface area contributed by atoms with Gasteiger partial charge in [0.25, 0.3) is 5.91 Å². The fourth-order valence-corrected chi connectivity index (χ4v) is 3.53. The lowest BCUT2D eigenvalue weighted by atomic mass is 10.2. The normalized spacial score (nSPS) is 14.7. The number of nitrogens with zero attached hydrogens (tertiary/aromatic N) is 2. The Morgan fingerprint density at radius 2 is 1.87 bits per heavy atom. The van der Waals surface area contributed by atoms with Crippen molar-refractivity contribution < 1.29 is 23.6 Å². The molecule has 2 N–H and O–H groups in total. The predicted molar refractivity (Wildman–Crippen MR) is 118 cm³/mol. The fraction of sp³-hybridized carbons (Fsp3) is 0.391. The lowest BCUT2D eigenvalue weighted by Crippen LogP contribution is -3.08. The second-order valence-electron chi connectivity index (χ2n) is 7.88. The molecular weight excluding hydrogens is 399 g/mol. The Labute approximate surface area is 182 Å². The highest BCUT2D eigenvalue weighted by Gasteiger charge is 2.18. The summed E-state index contributed by atoms with van der Waals surface area (Å²) in [6.07, 6.45) is 0. The number of hydrogen-bond donors (Lipinski definition) is 2. The minimum Gasteiger partial charge on any atom is -0.378 e. The van der Waals surface area contributed by atoms with Crippen molar-refractivity contribution >= 4 is 23.2 Å². The lowest BCUT2D eigenvalue weighted by Gasteiger charge is -2.28. The van der Waals surface area contributed by atoms with Crippen LogP contribution in [0.4, 0.5) is 15.8 Å². The fourth-order valence-electron chi connectivity index (χ4n) is 3.53. The number of anilines is 2. The van der Waals surface area contributed by atoms with Crippen LogP contribution in [0.25, 0.3) is 0 Å². The molecular formula is C23H30FN4O3+. The van der Waals surface area contributed by atoms with E-state index < -0.39 is 0 Å². The molecule has 1 aliphatic rings. The summed E-state index contributed by atoms with van der Waals surface area (Å²) >= 11 is 0. The zero-order chi connectivity index (χ0) is 22.2.